The minimum absolute atomic E-state index is 0.349. The maximum Gasteiger partial charge on any atom is 0.323 e. The van der Waals surface area contributed by atoms with Gasteiger partial charge in [-0.3, -0.25) is 0 Å². The number of nitrogens with zero attached hydrogens (tertiary/aromatic N) is 1. The van der Waals surface area contributed by atoms with Crippen molar-refractivity contribution in [3.8, 4) is 5.75 Å². The van der Waals surface area contributed by atoms with Crippen molar-refractivity contribution >= 4 is 23.1 Å². The first-order valence-corrected chi connectivity index (χ1v) is 8.54. The molecule has 2 aromatic rings. The van der Waals surface area contributed by atoms with Gasteiger partial charge in [0.05, 0.1) is 18.5 Å². The van der Waals surface area contributed by atoms with Crippen LogP contribution in [-0.2, 0) is 0 Å². The van der Waals surface area contributed by atoms with Crippen LogP contribution < -0.4 is 25.6 Å². The van der Waals surface area contributed by atoms with Crippen LogP contribution in [0.2, 0.25) is 0 Å². The standard InChI is InChI=1S/C19H23FN4O2/c1-13-3-6-18(26-2)16(11-13)23-19(25)22-14-4-5-17(15(20)12-14)24-9-7-21-8-10-24/h3-6,11-12,21H,7-10H2,1-2H3,(H2,22,23,25). The Kier molecular flexibility index (Phi) is 5.58. The molecule has 7 heteroatoms. The number of methoxy groups -OCH3 is 1. The molecule has 1 heterocycles. The zero-order valence-electron chi connectivity index (χ0n) is 14.9. The van der Waals surface area contributed by atoms with Crippen LogP contribution >= 0.6 is 0 Å². The van der Waals surface area contributed by atoms with E-state index in [0.29, 0.717) is 22.8 Å². The van der Waals surface area contributed by atoms with Gasteiger partial charge in [-0.2, -0.15) is 0 Å². The number of urea groups is 1. The van der Waals surface area contributed by atoms with Crippen LogP contribution in [0.3, 0.4) is 0 Å². The summed E-state index contributed by atoms with van der Waals surface area (Å²) < 4.78 is 19.7. The number of ether oxygens (including phenoxy) is 1. The number of hydrogen-bond donors (Lipinski definition) is 3. The molecule has 138 valence electrons. The van der Waals surface area contributed by atoms with E-state index in [-0.39, 0.29) is 5.82 Å². The Labute approximate surface area is 152 Å². The Morgan fingerprint density at radius 3 is 2.62 bits per heavy atom. The number of rotatable bonds is 4. The number of benzene rings is 2. The summed E-state index contributed by atoms with van der Waals surface area (Å²) in [5, 5.41) is 8.63. The number of nitrogens with one attached hydrogen (secondary N) is 3. The number of halogens is 1. The lowest BCUT2D eigenvalue weighted by Gasteiger charge is -2.29. The second-order valence-electron chi connectivity index (χ2n) is 6.19. The molecule has 1 saturated heterocycles. The molecule has 1 aliphatic heterocycles. The Morgan fingerprint density at radius 2 is 1.92 bits per heavy atom. The molecule has 3 N–H and O–H groups in total. The van der Waals surface area contributed by atoms with E-state index in [1.54, 1.807) is 18.2 Å². The summed E-state index contributed by atoms with van der Waals surface area (Å²) in [6, 6.07) is 9.77. The Balaban J connectivity index is 1.68. The average molecular weight is 358 g/mol. The van der Waals surface area contributed by atoms with Crippen molar-refractivity contribution in [1.29, 1.82) is 0 Å². The summed E-state index contributed by atoms with van der Waals surface area (Å²) in [7, 11) is 1.54. The summed E-state index contributed by atoms with van der Waals surface area (Å²) in [6.07, 6.45) is 0. The fourth-order valence-electron chi connectivity index (χ4n) is 2.95. The fraction of sp³-hybridized carbons (Fsp3) is 0.316. The van der Waals surface area contributed by atoms with Gasteiger partial charge >= 0.3 is 6.03 Å². The second kappa shape index (κ2) is 8.05. The van der Waals surface area contributed by atoms with Crippen LogP contribution in [0, 0.1) is 12.7 Å². The molecule has 0 bridgehead atoms. The Hall–Kier alpha value is -2.80. The van der Waals surface area contributed by atoms with Crippen molar-refractivity contribution < 1.29 is 13.9 Å². The Bertz CT molecular complexity index is 791. The van der Waals surface area contributed by atoms with Gasteiger partial charge in [0.1, 0.15) is 11.6 Å². The second-order valence-corrected chi connectivity index (χ2v) is 6.19. The Morgan fingerprint density at radius 1 is 1.15 bits per heavy atom. The lowest BCUT2D eigenvalue weighted by molar-refractivity contribution is 0.262. The number of amides is 2. The van der Waals surface area contributed by atoms with Gasteiger partial charge in [-0.1, -0.05) is 6.07 Å². The van der Waals surface area contributed by atoms with Crippen molar-refractivity contribution in [2.24, 2.45) is 0 Å². The van der Waals surface area contributed by atoms with Crippen LogP contribution in [0.25, 0.3) is 0 Å². The summed E-state index contributed by atoms with van der Waals surface area (Å²) in [4.78, 5) is 14.2. The molecule has 2 aromatic carbocycles. The SMILES string of the molecule is COc1ccc(C)cc1NC(=O)Nc1ccc(N2CCNCC2)c(F)c1. The lowest BCUT2D eigenvalue weighted by atomic mass is 10.2. The quantitative estimate of drug-likeness (QED) is 0.785. The number of anilines is 3. The molecule has 0 saturated carbocycles. The zero-order chi connectivity index (χ0) is 18.5. The van der Waals surface area contributed by atoms with E-state index in [1.807, 2.05) is 24.0 Å². The van der Waals surface area contributed by atoms with E-state index in [4.69, 9.17) is 4.74 Å². The van der Waals surface area contributed by atoms with Crippen LogP contribution in [-0.4, -0.2) is 39.3 Å². The first-order chi connectivity index (χ1) is 12.6. The van der Waals surface area contributed by atoms with Crippen molar-refractivity contribution in [1.82, 2.24) is 5.32 Å². The number of carbonyl (C=O) groups excluding carboxylic acids is 1. The number of aryl methyl sites for hydroxylation is 1. The van der Waals surface area contributed by atoms with Crippen molar-refractivity contribution in [3.05, 3.63) is 47.8 Å². The highest BCUT2D eigenvalue weighted by Crippen LogP contribution is 2.26. The average Bonchev–Trinajstić information content (AvgIpc) is 2.62. The van der Waals surface area contributed by atoms with E-state index in [1.165, 1.54) is 13.2 Å². The zero-order valence-corrected chi connectivity index (χ0v) is 14.9. The molecule has 0 atom stereocenters. The van der Waals surface area contributed by atoms with Gasteiger partial charge in [0.25, 0.3) is 0 Å². The van der Waals surface area contributed by atoms with Gasteiger partial charge in [-0.25, -0.2) is 9.18 Å². The van der Waals surface area contributed by atoms with E-state index < -0.39 is 6.03 Å². The third-order valence-electron chi connectivity index (χ3n) is 4.27. The molecular formula is C19H23FN4O2. The van der Waals surface area contributed by atoms with E-state index in [9.17, 15) is 9.18 Å². The monoisotopic (exact) mass is 358 g/mol. The summed E-state index contributed by atoms with van der Waals surface area (Å²) in [5.41, 5.74) is 2.50. The molecular weight excluding hydrogens is 335 g/mol. The maximum atomic E-state index is 14.4. The molecule has 3 rings (SSSR count). The first-order valence-electron chi connectivity index (χ1n) is 8.54. The fourth-order valence-corrected chi connectivity index (χ4v) is 2.95. The predicted octanol–water partition coefficient (Wildman–Crippen LogP) is 3.20. The normalized spacial score (nSPS) is 14.0. The predicted molar refractivity (Wildman–Crippen MR) is 102 cm³/mol. The van der Waals surface area contributed by atoms with Crippen molar-refractivity contribution in [3.63, 3.8) is 0 Å². The largest absolute Gasteiger partial charge is 0.495 e. The van der Waals surface area contributed by atoms with Gasteiger partial charge in [0.15, 0.2) is 0 Å². The molecule has 0 aromatic heterocycles. The number of piperazine rings is 1. The van der Waals surface area contributed by atoms with Gasteiger partial charge in [0, 0.05) is 31.9 Å². The van der Waals surface area contributed by atoms with Crippen molar-refractivity contribution in [2.75, 3.05) is 48.8 Å². The molecule has 0 spiro atoms. The van der Waals surface area contributed by atoms with E-state index >= 15 is 0 Å². The molecule has 0 radical (unpaired) electrons. The first kappa shape index (κ1) is 18.0. The molecule has 0 unspecified atom stereocenters. The molecule has 2 amide bonds. The topological polar surface area (TPSA) is 65.6 Å². The lowest BCUT2D eigenvalue weighted by Crippen LogP contribution is -2.43. The van der Waals surface area contributed by atoms with Gasteiger partial charge < -0.3 is 25.6 Å². The van der Waals surface area contributed by atoms with Crippen LogP contribution in [0.1, 0.15) is 5.56 Å². The van der Waals surface area contributed by atoms with E-state index in [2.05, 4.69) is 16.0 Å². The highest BCUT2D eigenvalue weighted by Gasteiger charge is 2.15. The minimum atomic E-state index is -0.455. The molecule has 1 fully saturated rings. The maximum absolute atomic E-state index is 14.4. The molecule has 1 aliphatic rings. The summed E-state index contributed by atoms with van der Waals surface area (Å²) in [5.74, 6) is 0.212. The highest BCUT2D eigenvalue weighted by atomic mass is 19.1. The summed E-state index contributed by atoms with van der Waals surface area (Å²) >= 11 is 0. The van der Waals surface area contributed by atoms with Crippen LogP contribution in [0.15, 0.2) is 36.4 Å². The van der Waals surface area contributed by atoms with E-state index in [0.717, 1.165) is 31.7 Å². The third-order valence-corrected chi connectivity index (χ3v) is 4.27. The van der Waals surface area contributed by atoms with Gasteiger partial charge in [-0.05, 0) is 42.8 Å². The molecule has 0 aliphatic carbocycles. The smallest absolute Gasteiger partial charge is 0.323 e. The van der Waals surface area contributed by atoms with Gasteiger partial charge in [-0.15, -0.1) is 0 Å². The molecule has 26 heavy (non-hydrogen) atoms. The molecule has 6 nitrogen and oxygen atoms in total. The van der Waals surface area contributed by atoms with Crippen LogP contribution in [0.5, 0.6) is 5.75 Å². The number of carbonyl (C=O) groups is 1. The van der Waals surface area contributed by atoms with Crippen LogP contribution in [0.4, 0.5) is 26.2 Å². The number of hydrogen-bond acceptors (Lipinski definition) is 4. The van der Waals surface area contributed by atoms with Crippen molar-refractivity contribution in [2.45, 2.75) is 6.92 Å². The third kappa shape index (κ3) is 4.23. The highest BCUT2D eigenvalue weighted by molar-refractivity contribution is 6.00. The minimum Gasteiger partial charge on any atom is -0.495 e. The van der Waals surface area contributed by atoms with Gasteiger partial charge in [0.2, 0.25) is 0 Å². The summed E-state index contributed by atoms with van der Waals surface area (Å²) in [6.45, 7) is 5.11.